The van der Waals surface area contributed by atoms with Gasteiger partial charge in [-0.15, -0.1) is 0 Å². The Morgan fingerprint density at radius 3 is 2.54 bits per heavy atom. The average molecular weight is 514 g/mol. The summed E-state index contributed by atoms with van der Waals surface area (Å²) in [5, 5.41) is 1.15. The molecule has 0 aliphatic heterocycles. The zero-order valence-corrected chi connectivity index (χ0v) is 21.2. The van der Waals surface area contributed by atoms with Crippen molar-refractivity contribution in [2.24, 2.45) is 0 Å². The van der Waals surface area contributed by atoms with Gasteiger partial charge in [0, 0.05) is 16.0 Å². The zero-order chi connectivity index (χ0) is 25.9. The monoisotopic (exact) mass is 513 g/mol. The van der Waals surface area contributed by atoms with Gasteiger partial charge < -0.3 is 14.2 Å². The first-order valence-electron chi connectivity index (χ1n) is 11.8. The van der Waals surface area contributed by atoms with Crippen LogP contribution in [0.4, 0.5) is 0 Å². The number of pyridine rings is 1. The Bertz CT molecular complexity index is 1560. The summed E-state index contributed by atoms with van der Waals surface area (Å²) in [7, 11) is 3.20. The van der Waals surface area contributed by atoms with Gasteiger partial charge in [0.25, 0.3) is 0 Å². The van der Waals surface area contributed by atoms with Gasteiger partial charge in [-0.2, -0.15) is 0 Å². The molecule has 0 saturated carbocycles. The van der Waals surface area contributed by atoms with E-state index in [0.29, 0.717) is 51.4 Å². The molecule has 0 saturated heterocycles. The quantitative estimate of drug-likeness (QED) is 0.209. The van der Waals surface area contributed by atoms with Crippen molar-refractivity contribution in [2.45, 2.75) is 12.8 Å². The number of Topliss-reactive ketones (excluding diaryl/α,β-unsaturated/α-hetero) is 1. The molecule has 0 fully saturated rings. The standard InChI is InChI=1S/C30H24ClNO5/c1-35-26-13-10-18(15-27(26)36-2)14-20-11-12-23-28(22-8-3-4-9-24(22)32-29(20)23)30(34)37-17-25(33)19-6-5-7-21(31)16-19/h3-10,13-16H,11-12,17H2,1-2H3. The Morgan fingerprint density at radius 2 is 1.76 bits per heavy atom. The predicted molar refractivity (Wildman–Crippen MR) is 144 cm³/mol. The van der Waals surface area contributed by atoms with E-state index in [1.807, 2.05) is 48.5 Å². The molecule has 0 unspecified atom stereocenters. The molecule has 3 aromatic carbocycles. The molecule has 0 radical (unpaired) electrons. The second-order valence-corrected chi connectivity index (χ2v) is 9.06. The van der Waals surface area contributed by atoms with Gasteiger partial charge >= 0.3 is 5.97 Å². The van der Waals surface area contributed by atoms with E-state index in [9.17, 15) is 9.59 Å². The van der Waals surface area contributed by atoms with E-state index in [0.717, 1.165) is 22.4 Å². The highest BCUT2D eigenvalue weighted by molar-refractivity contribution is 6.31. The Hall–Kier alpha value is -4.16. The van der Waals surface area contributed by atoms with E-state index in [2.05, 4.69) is 0 Å². The van der Waals surface area contributed by atoms with Crippen LogP contribution in [0, 0.1) is 0 Å². The number of rotatable bonds is 7. The van der Waals surface area contributed by atoms with Crippen LogP contribution in [-0.4, -0.2) is 37.6 Å². The molecule has 1 heterocycles. The molecule has 0 amide bonds. The number of esters is 1. The number of benzene rings is 3. The number of fused-ring (bicyclic) bond motifs is 2. The fourth-order valence-electron chi connectivity index (χ4n) is 4.60. The number of carbonyl (C=O) groups is 2. The van der Waals surface area contributed by atoms with E-state index < -0.39 is 5.97 Å². The van der Waals surface area contributed by atoms with E-state index in [1.54, 1.807) is 38.5 Å². The Morgan fingerprint density at radius 1 is 0.946 bits per heavy atom. The fourth-order valence-corrected chi connectivity index (χ4v) is 4.79. The van der Waals surface area contributed by atoms with Crippen LogP contribution in [0.3, 0.4) is 0 Å². The van der Waals surface area contributed by atoms with Crippen molar-refractivity contribution in [1.29, 1.82) is 0 Å². The highest BCUT2D eigenvalue weighted by Crippen LogP contribution is 2.38. The van der Waals surface area contributed by atoms with Crippen LogP contribution < -0.4 is 9.47 Å². The maximum atomic E-state index is 13.4. The van der Waals surface area contributed by atoms with Gasteiger partial charge in [-0.25, -0.2) is 9.78 Å². The van der Waals surface area contributed by atoms with Crippen molar-refractivity contribution in [2.75, 3.05) is 20.8 Å². The second-order valence-electron chi connectivity index (χ2n) is 8.62. The molecule has 0 N–H and O–H groups in total. The van der Waals surface area contributed by atoms with Crippen LogP contribution in [-0.2, 0) is 11.2 Å². The van der Waals surface area contributed by atoms with Crippen LogP contribution in [0.5, 0.6) is 11.5 Å². The molecule has 186 valence electrons. The van der Waals surface area contributed by atoms with Crippen molar-refractivity contribution in [1.82, 2.24) is 4.98 Å². The van der Waals surface area contributed by atoms with Crippen molar-refractivity contribution in [3.8, 4) is 11.5 Å². The summed E-state index contributed by atoms with van der Waals surface area (Å²) >= 11 is 6.00. The minimum absolute atomic E-state index is 0.320. The molecule has 5 rings (SSSR count). The van der Waals surface area contributed by atoms with Crippen LogP contribution in [0.15, 0.2) is 66.7 Å². The first-order valence-corrected chi connectivity index (χ1v) is 12.2. The van der Waals surface area contributed by atoms with Crippen LogP contribution in [0.1, 0.15) is 44.0 Å². The van der Waals surface area contributed by atoms with Crippen molar-refractivity contribution in [3.05, 3.63) is 99.7 Å². The van der Waals surface area contributed by atoms with Crippen molar-refractivity contribution < 1.29 is 23.8 Å². The molecular formula is C30H24ClNO5. The third-order valence-corrected chi connectivity index (χ3v) is 6.61. The van der Waals surface area contributed by atoms with Gasteiger partial charge in [0.2, 0.25) is 0 Å². The fraction of sp³-hybridized carbons (Fsp3) is 0.167. The lowest BCUT2D eigenvalue weighted by Crippen LogP contribution is -2.16. The summed E-state index contributed by atoms with van der Waals surface area (Å²) in [5.74, 6) is 0.422. The van der Waals surface area contributed by atoms with Gasteiger partial charge in [-0.3, -0.25) is 4.79 Å². The summed E-state index contributed by atoms with van der Waals surface area (Å²) < 4.78 is 16.3. The number of hydrogen-bond acceptors (Lipinski definition) is 6. The van der Waals surface area contributed by atoms with E-state index >= 15 is 0 Å². The minimum Gasteiger partial charge on any atom is -0.493 e. The lowest BCUT2D eigenvalue weighted by Gasteiger charge is -2.12. The summed E-state index contributed by atoms with van der Waals surface area (Å²) in [6.45, 7) is -0.376. The first kappa shape index (κ1) is 24.5. The van der Waals surface area contributed by atoms with E-state index in [1.165, 1.54) is 0 Å². The lowest BCUT2D eigenvalue weighted by molar-refractivity contribution is 0.0475. The summed E-state index contributed by atoms with van der Waals surface area (Å²) in [6, 6.07) is 19.8. The van der Waals surface area contributed by atoms with Crippen molar-refractivity contribution in [3.63, 3.8) is 0 Å². The number of nitrogens with zero attached hydrogens (tertiary/aromatic N) is 1. The molecule has 0 spiro atoms. The van der Waals surface area contributed by atoms with Crippen LogP contribution in [0.2, 0.25) is 5.02 Å². The highest BCUT2D eigenvalue weighted by atomic mass is 35.5. The SMILES string of the molecule is COc1ccc(C=C2CCc3c2nc2ccccc2c3C(=O)OCC(=O)c2cccc(Cl)c2)cc1OC. The molecule has 1 aromatic heterocycles. The number of halogens is 1. The maximum absolute atomic E-state index is 13.4. The normalized spacial score (nSPS) is 13.4. The van der Waals surface area contributed by atoms with Gasteiger partial charge in [-0.1, -0.05) is 48.0 Å². The molecule has 0 bridgehead atoms. The topological polar surface area (TPSA) is 74.7 Å². The van der Waals surface area contributed by atoms with Crippen molar-refractivity contribution >= 4 is 45.9 Å². The molecule has 1 aliphatic carbocycles. The van der Waals surface area contributed by atoms with Gasteiger partial charge in [0.05, 0.1) is 31.0 Å². The van der Waals surface area contributed by atoms with Gasteiger partial charge in [-0.05, 0) is 65.9 Å². The molecule has 6 nitrogen and oxygen atoms in total. The number of hydrogen-bond donors (Lipinski definition) is 0. The molecule has 1 aliphatic rings. The third-order valence-electron chi connectivity index (χ3n) is 6.38. The molecular weight excluding hydrogens is 490 g/mol. The summed E-state index contributed by atoms with van der Waals surface area (Å²) in [6.07, 6.45) is 3.40. The van der Waals surface area contributed by atoms with Gasteiger partial charge in [0.15, 0.2) is 23.9 Å². The molecule has 4 aromatic rings. The summed E-state index contributed by atoms with van der Waals surface area (Å²) in [4.78, 5) is 30.9. The largest absolute Gasteiger partial charge is 0.493 e. The smallest absolute Gasteiger partial charge is 0.339 e. The zero-order valence-electron chi connectivity index (χ0n) is 20.4. The maximum Gasteiger partial charge on any atom is 0.339 e. The molecule has 0 atom stereocenters. The minimum atomic E-state index is -0.544. The predicted octanol–water partition coefficient (Wildman–Crippen LogP) is 6.43. The van der Waals surface area contributed by atoms with Crippen LogP contribution in [0.25, 0.3) is 22.6 Å². The number of para-hydroxylation sites is 1. The second kappa shape index (κ2) is 10.4. The van der Waals surface area contributed by atoms with E-state index in [4.69, 9.17) is 30.8 Å². The Labute approximate surface area is 219 Å². The number of methoxy groups -OCH3 is 2. The Balaban J connectivity index is 1.49. The third kappa shape index (κ3) is 4.93. The van der Waals surface area contributed by atoms with E-state index in [-0.39, 0.29) is 12.4 Å². The number of ether oxygens (including phenoxy) is 3. The number of allylic oxidation sites excluding steroid dienone is 1. The Kier molecular flexibility index (Phi) is 6.93. The molecule has 7 heteroatoms. The number of ketones is 1. The first-order chi connectivity index (χ1) is 18.0. The summed E-state index contributed by atoms with van der Waals surface area (Å²) in [5.41, 5.74) is 5.07. The number of carbonyl (C=O) groups excluding carboxylic acids is 2. The number of aromatic nitrogens is 1. The van der Waals surface area contributed by atoms with Gasteiger partial charge in [0.1, 0.15) is 0 Å². The highest BCUT2D eigenvalue weighted by Gasteiger charge is 2.28. The molecule has 37 heavy (non-hydrogen) atoms. The van der Waals surface area contributed by atoms with Crippen LogP contribution >= 0.6 is 11.6 Å². The average Bonchev–Trinajstić information content (AvgIpc) is 3.31. The lowest BCUT2D eigenvalue weighted by atomic mass is 10.0.